The zero-order chi connectivity index (χ0) is 11.4. The van der Waals surface area contributed by atoms with E-state index in [1.54, 1.807) is 6.92 Å². The Kier molecular flexibility index (Phi) is 3.82. The summed E-state index contributed by atoms with van der Waals surface area (Å²) in [4.78, 5) is 12.2. The molecule has 5 nitrogen and oxygen atoms in total. The third-order valence-electron chi connectivity index (χ3n) is 1.39. The average molecular weight is 211 g/mol. The molecule has 0 saturated carbocycles. The summed E-state index contributed by atoms with van der Waals surface area (Å²) in [6.07, 6.45) is 0.0809. The Labute approximate surface area is 89.9 Å². The van der Waals surface area contributed by atoms with Crippen LogP contribution in [0.15, 0.2) is 0 Å². The van der Waals surface area contributed by atoms with E-state index >= 15 is 0 Å². The van der Waals surface area contributed by atoms with E-state index in [1.165, 1.54) is 0 Å². The highest BCUT2D eigenvalue weighted by Crippen LogP contribution is 2.11. The number of aromatic nitrogens is 3. The number of hydrogen-bond acceptors (Lipinski definition) is 5. The van der Waals surface area contributed by atoms with Crippen molar-refractivity contribution in [1.82, 2.24) is 15.0 Å². The quantitative estimate of drug-likeness (QED) is 0.759. The van der Waals surface area contributed by atoms with Crippen LogP contribution in [-0.2, 0) is 0 Å². The molecule has 0 N–H and O–H groups in total. The molecule has 1 rings (SSSR count). The van der Waals surface area contributed by atoms with Gasteiger partial charge in [0.1, 0.15) is 5.82 Å². The predicted molar refractivity (Wildman–Crippen MR) is 56.1 cm³/mol. The maximum absolute atomic E-state index is 5.38. The molecule has 0 aliphatic heterocycles. The topological polar surface area (TPSA) is 57.1 Å². The van der Waals surface area contributed by atoms with E-state index in [2.05, 4.69) is 15.0 Å². The zero-order valence-corrected chi connectivity index (χ0v) is 9.81. The lowest BCUT2D eigenvalue weighted by Gasteiger charge is -2.11. The Bertz CT molecular complexity index is 298. The van der Waals surface area contributed by atoms with Gasteiger partial charge in [0.05, 0.1) is 12.2 Å². The van der Waals surface area contributed by atoms with Crippen LogP contribution in [0.3, 0.4) is 0 Å². The second-order valence-corrected chi connectivity index (χ2v) is 3.78. The van der Waals surface area contributed by atoms with Crippen LogP contribution in [0.2, 0.25) is 0 Å². The monoisotopic (exact) mass is 211 g/mol. The van der Waals surface area contributed by atoms with Crippen LogP contribution in [0.1, 0.15) is 33.5 Å². The van der Waals surface area contributed by atoms with E-state index in [0.29, 0.717) is 17.8 Å². The lowest BCUT2D eigenvalue weighted by Crippen LogP contribution is -2.13. The van der Waals surface area contributed by atoms with Crippen LogP contribution in [0.4, 0.5) is 0 Å². The van der Waals surface area contributed by atoms with Gasteiger partial charge in [0.15, 0.2) is 0 Å². The van der Waals surface area contributed by atoms with Gasteiger partial charge in [-0.1, -0.05) is 0 Å². The zero-order valence-electron chi connectivity index (χ0n) is 9.81. The Morgan fingerprint density at radius 3 is 1.53 bits per heavy atom. The van der Waals surface area contributed by atoms with Gasteiger partial charge in [-0.05, 0) is 34.6 Å². The molecule has 5 heteroatoms. The average Bonchev–Trinajstić information content (AvgIpc) is 1.98. The summed E-state index contributed by atoms with van der Waals surface area (Å²) in [7, 11) is 0. The fourth-order valence-corrected chi connectivity index (χ4v) is 0.961. The molecule has 1 heterocycles. The van der Waals surface area contributed by atoms with E-state index in [4.69, 9.17) is 9.47 Å². The molecule has 0 unspecified atom stereocenters. The highest BCUT2D eigenvalue weighted by atomic mass is 16.5. The van der Waals surface area contributed by atoms with Crippen LogP contribution in [-0.4, -0.2) is 27.2 Å². The minimum absolute atomic E-state index is 0.0405. The van der Waals surface area contributed by atoms with Crippen LogP contribution >= 0.6 is 0 Å². The van der Waals surface area contributed by atoms with Crippen molar-refractivity contribution in [3.05, 3.63) is 5.82 Å². The second-order valence-electron chi connectivity index (χ2n) is 3.78. The van der Waals surface area contributed by atoms with Crippen molar-refractivity contribution in [2.45, 2.75) is 46.8 Å². The molecule has 0 bridgehead atoms. The van der Waals surface area contributed by atoms with Crippen LogP contribution in [0, 0.1) is 6.92 Å². The van der Waals surface area contributed by atoms with E-state index in [0.717, 1.165) is 0 Å². The van der Waals surface area contributed by atoms with Gasteiger partial charge >= 0.3 is 12.0 Å². The highest BCUT2D eigenvalue weighted by Gasteiger charge is 2.08. The summed E-state index contributed by atoms with van der Waals surface area (Å²) in [5, 5.41) is 0. The van der Waals surface area contributed by atoms with Crippen LogP contribution in [0.5, 0.6) is 12.0 Å². The summed E-state index contributed by atoms with van der Waals surface area (Å²) in [5.74, 6) is 0.594. The van der Waals surface area contributed by atoms with Gasteiger partial charge in [-0.2, -0.15) is 9.97 Å². The molecule has 0 amide bonds. The summed E-state index contributed by atoms with van der Waals surface area (Å²) >= 11 is 0. The Hall–Kier alpha value is -1.39. The van der Waals surface area contributed by atoms with E-state index in [-0.39, 0.29) is 12.2 Å². The molecule has 0 atom stereocenters. The first kappa shape index (κ1) is 11.7. The fourth-order valence-electron chi connectivity index (χ4n) is 0.961. The van der Waals surface area contributed by atoms with Crippen molar-refractivity contribution in [3.63, 3.8) is 0 Å². The third kappa shape index (κ3) is 4.10. The van der Waals surface area contributed by atoms with Crippen molar-refractivity contribution < 1.29 is 9.47 Å². The molecule has 0 radical (unpaired) electrons. The largest absolute Gasteiger partial charge is 0.461 e. The molecule has 0 saturated heterocycles. The van der Waals surface area contributed by atoms with Crippen molar-refractivity contribution in [2.24, 2.45) is 0 Å². The smallest absolute Gasteiger partial charge is 0.323 e. The first-order chi connectivity index (χ1) is 6.97. The normalized spacial score (nSPS) is 10.9. The Balaban J connectivity index is 2.84. The van der Waals surface area contributed by atoms with Crippen LogP contribution in [0.25, 0.3) is 0 Å². The molecule has 15 heavy (non-hydrogen) atoms. The highest BCUT2D eigenvalue weighted by molar-refractivity contribution is 5.04. The number of hydrogen-bond donors (Lipinski definition) is 0. The summed E-state index contributed by atoms with van der Waals surface area (Å²) in [6, 6.07) is 0.626. The van der Waals surface area contributed by atoms with Crippen molar-refractivity contribution in [1.29, 1.82) is 0 Å². The molecule has 84 valence electrons. The lowest BCUT2D eigenvalue weighted by molar-refractivity contribution is 0.195. The summed E-state index contributed by atoms with van der Waals surface area (Å²) < 4.78 is 10.8. The fraction of sp³-hybridized carbons (Fsp3) is 0.700. The first-order valence-corrected chi connectivity index (χ1v) is 5.03. The Morgan fingerprint density at radius 2 is 1.20 bits per heavy atom. The third-order valence-corrected chi connectivity index (χ3v) is 1.39. The number of nitrogens with zero attached hydrogens (tertiary/aromatic N) is 3. The van der Waals surface area contributed by atoms with E-state index < -0.39 is 0 Å². The second kappa shape index (κ2) is 4.91. The SMILES string of the molecule is Cc1nc(OC(C)C)nc(OC(C)C)n1. The molecular formula is C10H17N3O2. The minimum atomic E-state index is 0.0405. The molecule has 1 aromatic rings. The molecular weight excluding hydrogens is 194 g/mol. The molecule has 0 spiro atoms. The van der Waals surface area contributed by atoms with E-state index in [1.807, 2.05) is 27.7 Å². The summed E-state index contributed by atoms with van der Waals surface area (Å²) in [5.41, 5.74) is 0. The van der Waals surface area contributed by atoms with Gasteiger partial charge in [0, 0.05) is 0 Å². The van der Waals surface area contributed by atoms with Crippen LogP contribution < -0.4 is 9.47 Å². The molecule has 0 fully saturated rings. The molecule has 0 aromatic carbocycles. The maximum atomic E-state index is 5.38. The lowest BCUT2D eigenvalue weighted by atomic mass is 10.5. The molecule has 0 aliphatic carbocycles. The van der Waals surface area contributed by atoms with Gasteiger partial charge in [0.2, 0.25) is 0 Å². The van der Waals surface area contributed by atoms with Gasteiger partial charge in [-0.15, -0.1) is 4.98 Å². The van der Waals surface area contributed by atoms with Gasteiger partial charge in [-0.3, -0.25) is 0 Å². The minimum Gasteiger partial charge on any atom is -0.461 e. The number of rotatable bonds is 4. The van der Waals surface area contributed by atoms with E-state index in [9.17, 15) is 0 Å². The van der Waals surface area contributed by atoms with Gasteiger partial charge in [0.25, 0.3) is 0 Å². The van der Waals surface area contributed by atoms with Crippen molar-refractivity contribution >= 4 is 0 Å². The maximum Gasteiger partial charge on any atom is 0.323 e. The Morgan fingerprint density at radius 1 is 0.800 bits per heavy atom. The van der Waals surface area contributed by atoms with Gasteiger partial charge in [-0.25, -0.2) is 0 Å². The van der Waals surface area contributed by atoms with Gasteiger partial charge < -0.3 is 9.47 Å². The van der Waals surface area contributed by atoms with Crippen molar-refractivity contribution in [3.8, 4) is 12.0 Å². The first-order valence-electron chi connectivity index (χ1n) is 5.03. The standard InChI is InChI=1S/C10H17N3O2/c1-6(2)14-9-11-8(5)12-10(13-9)15-7(3)4/h6-7H,1-5H3. The molecule has 1 aromatic heterocycles. The number of aryl methyl sites for hydroxylation is 1. The molecule has 0 aliphatic rings. The van der Waals surface area contributed by atoms with Crippen molar-refractivity contribution in [2.75, 3.05) is 0 Å². The summed E-state index contributed by atoms with van der Waals surface area (Å²) in [6.45, 7) is 9.45. The number of ether oxygens (including phenoxy) is 2. The predicted octanol–water partition coefficient (Wildman–Crippen LogP) is 1.75.